The third kappa shape index (κ3) is 4.68. The topological polar surface area (TPSA) is 75.3 Å². The van der Waals surface area contributed by atoms with Crippen LogP contribution in [0.2, 0.25) is 0 Å². The molecule has 0 aromatic heterocycles. The van der Waals surface area contributed by atoms with Gasteiger partial charge in [0.15, 0.2) is 0 Å². The zero-order valence-electron chi connectivity index (χ0n) is 15.1. The third-order valence-electron chi connectivity index (χ3n) is 4.11. The van der Waals surface area contributed by atoms with Crippen LogP contribution in [0.1, 0.15) is 30.5 Å². The summed E-state index contributed by atoms with van der Waals surface area (Å²) in [7, 11) is -3.90. The van der Waals surface area contributed by atoms with Crippen LogP contribution in [0.25, 0.3) is 0 Å². The lowest BCUT2D eigenvalue weighted by Crippen LogP contribution is -2.33. The molecule has 2 aromatic rings. The van der Waals surface area contributed by atoms with E-state index in [4.69, 9.17) is 0 Å². The number of anilines is 1. The molecule has 2 aromatic carbocycles. The highest BCUT2D eigenvalue weighted by Crippen LogP contribution is 2.22. The van der Waals surface area contributed by atoms with Crippen molar-refractivity contribution in [2.75, 3.05) is 11.9 Å². The first kappa shape index (κ1) is 20.1. The number of rotatable bonds is 7. The van der Waals surface area contributed by atoms with Crippen LogP contribution >= 0.6 is 0 Å². The van der Waals surface area contributed by atoms with Gasteiger partial charge in [0.25, 0.3) is 0 Å². The number of benzene rings is 2. The maximum Gasteiger partial charge on any atom is 0.241 e. The number of carbonyl (C=O) groups excluding carboxylic acids is 1. The number of nitrogens with one attached hydrogen (secondary N) is 2. The molecular formula is C19H23FN2O3S. The van der Waals surface area contributed by atoms with Gasteiger partial charge in [-0.05, 0) is 54.7 Å². The van der Waals surface area contributed by atoms with E-state index in [2.05, 4.69) is 10.0 Å². The Labute approximate surface area is 153 Å². The van der Waals surface area contributed by atoms with Crippen LogP contribution in [-0.4, -0.2) is 20.9 Å². The van der Waals surface area contributed by atoms with E-state index in [0.29, 0.717) is 0 Å². The normalized spacial score (nSPS) is 11.4. The third-order valence-corrected chi connectivity index (χ3v) is 5.67. The Morgan fingerprint density at radius 3 is 2.23 bits per heavy atom. The molecule has 0 spiro atoms. The summed E-state index contributed by atoms with van der Waals surface area (Å²) in [5.41, 5.74) is 3.01. The quantitative estimate of drug-likeness (QED) is 0.777. The molecule has 2 rings (SSSR count). The van der Waals surface area contributed by atoms with Crippen LogP contribution < -0.4 is 10.0 Å². The van der Waals surface area contributed by atoms with Gasteiger partial charge >= 0.3 is 0 Å². The number of sulfonamides is 1. The molecule has 2 N–H and O–H groups in total. The number of amides is 1. The molecule has 0 saturated heterocycles. The Kier molecular flexibility index (Phi) is 6.50. The van der Waals surface area contributed by atoms with Gasteiger partial charge in [0.1, 0.15) is 5.82 Å². The first-order valence-electron chi connectivity index (χ1n) is 8.45. The van der Waals surface area contributed by atoms with E-state index in [1.54, 1.807) is 0 Å². The minimum atomic E-state index is -3.90. The standard InChI is InChI=1S/C19H23FN2O3S/c1-4-14-7-6-8-15(5-2)19(14)22-18(23)12-21-26(24,25)17-10-9-16(20)11-13(17)3/h6-11,21H,4-5,12H2,1-3H3,(H,22,23). The van der Waals surface area contributed by atoms with E-state index in [1.807, 2.05) is 32.0 Å². The van der Waals surface area contributed by atoms with E-state index in [9.17, 15) is 17.6 Å². The molecule has 1 amide bonds. The lowest BCUT2D eigenvalue weighted by molar-refractivity contribution is -0.115. The number of halogens is 1. The Morgan fingerprint density at radius 2 is 1.69 bits per heavy atom. The molecule has 5 nitrogen and oxygen atoms in total. The van der Waals surface area contributed by atoms with E-state index in [0.717, 1.165) is 41.8 Å². The molecule has 0 aliphatic heterocycles. The van der Waals surface area contributed by atoms with Gasteiger partial charge in [0.2, 0.25) is 15.9 Å². The minimum absolute atomic E-state index is 0.0464. The Balaban J connectivity index is 2.12. The number of aryl methyl sites for hydroxylation is 3. The molecule has 0 atom stereocenters. The molecule has 0 aliphatic carbocycles. The summed E-state index contributed by atoms with van der Waals surface area (Å²) in [4.78, 5) is 12.2. The van der Waals surface area contributed by atoms with Gasteiger partial charge in [0, 0.05) is 5.69 Å². The fourth-order valence-corrected chi connectivity index (χ4v) is 3.95. The van der Waals surface area contributed by atoms with Crippen molar-refractivity contribution in [1.82, 2.24) is 4.72 Å². The van der Waals surface area contributed by atoms with Gasteiger partial charge in [0.05, 0.1) is 11.4 Å². The van der Waals surface area contributed by atoms with Crippen molar-refractivity contribution in [3.05, 3.63) is 58.9 Å². The van der Waals surface area contributed by atoms with Crippen LogP contribution in [-0.2, 0) is 27.7 Å². The van der Waals surface area contributed by atoms with Gasteiger partial charge in [-0.2, -0.15) is 0 Å². The summed E-state index contributed by atoms with van der Waals surface area (Å²) >= 11 is 0. The molecule has 7 heteroatoms. The van der Waals surface area contributed by atoms with Crippen molar-refractivity contribution < 1.29 is 17.6 Å². The Hall–Kier alpha value is -2.25. The molecular weight excluding hydrogens is 355 g/mol. The van der Waals surface area contributed by atoms with Gasteiger partial charge < -0.3 is 5.32 Å². The number of carbonyl (C=O) groups is 1. The van der Waals surface area contributed by atoms with Gasteiger partial charge in [-0.1, -0.05) is 32.0 Å². The number of hydrogen-bond acceptors (Lipinski definition) is 3. The zero-order valence-corrected chi connectivity index (χ0v) is 15.9. The first-order valence-corrected chi connectivity index (χ1v) is 9.93. The van der Waals surface area contributed by atoms with Crippen molar-refractivity contribution in [1.29, 1.82) is 0 Å². The maximum absolute atomic E-state index is 13.2. The molecule has 26 heavy (non-hydrogen) atoms. The lowest BCUT2D eigenvalue weighted by Gasteiger charge is -2.15. The fraction of sp³-hybridized carbons (Fsp3) is 0.316. The van der Waals surface area contributed by atoms with Crippen molar-refractivity contribution in [3.8, 4) is 0 Å². The van der Waals surface area contributed by atoms with Crippen molar-refractivity contribution in [2.45, 2.75) is 38.5 Å². The lowest BCUT2D eigenvalue weighted by atomic mass is 10.0. The van der Waals surface area contributed by atoms with Gasteiger partial charge in [-0.15, -0.1) is 0 Å². The molecule has 0 fully saturated rings. The Morgan fingerprint density at radius 1 is 1.08 bits per heavy atom. The summed E-state index contributed by atoms with van der Waals surface area (Å²) in [6.07, 6.45) is 1.51. The van der Waals surface area contributed by atoms with Crippen molar-refractivity contribution in [3.63, 3.8) is 0 Å². The van der Waals surface area contributed by atoms with Gasteiger partial charge in [-0.25, -0.2) is 17.5 Å². The van der Waals surface area contributed by atoms with E-state index < -0.39 is 28.3 Å². The van der Waals surface area contributed by atoms with Crippen LogP contribution in [0.4, 0.5) is 10.1 Å². The predicted octanol–water partition coefficient (Wildman–Crippen LogP) is 3.18. The van der Waals surface area contributed by atoms with Crippen molar-refractivity contribution in [2.24, 2.45) is 0 Å². The zero-order chi connectivity index (χ0) is 19.3. The maximum atomic E-state index is 13.2. The summed E-state index contributed by atoms with van der Waals surface area (Å²) in [5.74, 6) is -0.966. The van der Waals surface area contributed by atoms with Crippen LogP contribution in [0.5, 0.6) is 0 Å². The molecule has 0 radical (unpaired) electrons. The summed E-state index contributed by atoms with van der Waals surface area (Å²) in [5, 5.41) is 2.80. The fourth-order valence-electron chi connectivity index (χ4n) is 2.74. The van der Waals surface area contributed by atoms with Crippen LogP contribution in [0.3, 0.4) is 0 Å². The summed E-state index contributed by atoms with van der Waals surface area (Å²) in [6.45, 7) is 5.08. The largest absolute Gasteiger partial charge is 0.324 e. The highest BCUT2D eigenvalue weighted by atomic mass is 32.2. The first-order chi connectivity index (χ1) is 12.3. The molecule has 0 saturated carbocycles. The smallest absolute Gasteiger partial charge is 0.241 e. The van der Waals surface area contributed by atoms with E-state index >= 15 is 0 Å². The van der Waals surface area contributed by atoms with Crippen molar-refractivity contribution >= 4 is 21.6 Å². The second-order valence-corrected chi connectivity index (χ2v) is 7.68. The molecule has 0 bridgehead atoms. The Bertz CT molecular complexity index is 889. The predicted molar refractivity (Wildman–Crippen MR) is 100 cm³/mol. The minimum Gasteiger partial charge on any atom is -0.324 e. The summed E-state index contributed by atoms with van der Waals surface area (Å²) < 4.78 is 40.1. The monoisotopic (exact) mass is 378 g/mol. The average molecular weight is 378 g/mol. The average Bonchev–Trinajstić information content (AvgIpc) is 2.60. The highest BCUT2D eigenvalue weighted by molar-refractivity contribution is 7.89. The molecule has 140 valence electrons. The SMILES string of the molecule is CCc1cccc(CC)c1NC(=O)CNS(=O)(=O)c1ccc(F)cc1C. The second kappa shape index (κ2) is 8.42. The van der Waals surface area contributed by atoms with E-state index in [-0.39, 0.29) is 10.5 Å². The molecule has 0 aliphatic rings. The molecule has 0 unspecified atom stereocenters. The van der Waals surface area contributed by atoms with Crippen LogP contribution in [0, 0.1) is 12.7 Å². The second-order valence-electron chi connectivity index (χ2n) is 5.94. The van der Waals surface area contributed by atoms with Gasteiger partial charge in [-0.3, -0.25) is 4.79 Å². The van der Waals surface area contributed by atoms with E-state index in [1.165, 1.54) is 13.0 Å². The summed E-state index contributed by atoms with van der Waals surface area (Å²) in [6, 6.07) is 9.20. The highest BCUT2D eigenvalue weighted by Gasteiger charge is 2.19. The molecule has 0 heterocycles. The van der Waals surface area contributed by atoms with Crippen LogP contribution in [0.15, 0.2) is 41.3 Å². The number of hydrogen-bond donors (Lipinski definition) is 2. The number of para-hydroxylation sites is 1.